The second-order valence-corrected chi connectivity index (χ2v) is 9.33. The van der Waals surface area contributed by atoms with Crippen molar-refractivity contribution in [3.05, 3.63) is 96.2 Å². The standard InChI is InChI=1S/C24H23N3O4S/c25-22-21(19-9-5-2-6-10-19)15-16-27(23(22)24(28)26-29)32(30,31)20-13-11-18(12-14-20)17-7-3-1-4-8-17/h1-14,23,29H,15-16,25H2,(H,26,28). The molecule has 3 aromatic carbocycles. The van der Waals surface area contributed by atoms with Crippen LogP contribution in [0.3, 0.4) is 0 Å². The molecule has 0 aliphatic carbocycles. The molecular weight excluding hydrogens is 426 g/mol. The molecule has 0 radical (unpaired) electrons. The van der Waals surface area contributed by atoms with Crippen molar-refractivity contribution in [2.45, 2.75) is 17.4 Å². The summed E-state index contributed by atoms with van der Waals surface area (Å²) in [5, 5.41) is 9.28. The first-order valence-electron chi connectivity index (χ1n) is 10.1. The zero-order valence-electron chi connectivity index (χ0n) is 17.2. The third-order valence-electron chi connectivity index (χ3n) is 5.56. The fraction of sp³-hybridized carbons (Fsp3) is 0.125. The van der Waals surface area contributed by atoms with Crippen LogP contribution in [0, 0.1) is 0 Å². The molecule has 1 amide bonds. The molecule has 32 heavy (non-hydrogen) atoms. The maximum atomic E-state index is 13.4. The van der Waals surface area contributed by atoms with Gasteiger partial charge in [-0.1, -0.05) is 72.8 Å². The van der Waals surface area contributed by atoms with Gasteiger partial charge in [0.05, 0.1) is 4.90 Å². The lowest BCUT2D eigenvalue weighted by molar-refractivity contribution is -0.132. The summed E-state index contributed by atoms with van der Waals surface area (Å²) in [4.78, 5) is 12.5. The minimum atomic E-state index is -4.06. The highest BCUT2D eigenvalue weighted by atomic mass is 32.2. The lowest BCUT2D eigenvalue weighted by Gasteiger charge is -2.35. The third kappa shape index (κ3) is 4.03. The number of benzene rings is 3. The normalized spacial score (nSPS) is 17.2. The molecule has 4 N–H and O–H groups in total. The van der Waals surface area contributed by atoms with Crippen LogP contribution in [0.25, 0.3) is 16.7 Å². The van der Waals surface area contributed by atoms with Gasteiger partial charge in [0.1, 0.15) is 6.04 Å². The van der Waals surface area contributed by atoms with Crippen LogP contribution in [0.1, 0.15) is 12.0 Å². The first-order valence-corrected chi connectivity index (χ1v) is 11.5. The lowest BCUT2D eigenvalue weighted by atomic mass is 9.94. The van der Waals surface area contributed by atoms with Gasteiger partial charge in [-0.2, -0.15) is 4.31 Å². The summed E-state index contributed by atoms with van der Waals surface area (Å²) in [5.41, 5.74) is 11.3. The van der Waals surface area contributed by atoms with Gasteiger partial charge in [-0.15, -0.1) is 0 Å². The molecule has 0 saturated carbocycles. The Hall–Kier alpha value is -3.46. The molecule has 8 heteroatoms. The molecule has 1 aliphatic heterocycles. The highest BCUT2D eigenvalue weighted by Gasteiger charge is 2.41. The smallest absolute Gasteiger partial charge is 0.267 e. The second-order valence-electron chi connectivity index (χ2n) is 7.43. The summed E-state index contributed by atoms with van der Waals surface area (Å²) in [6.45, 7) is 0.0474. The second kappa shape index (κ2) is 8.96. The van der Waals surface area contributed by atoms with Gasteiger partial charge in [0.25, 0.3) is 5.91 Å². The predicted molar refractivity (Wildman–Crippen MR) is 122 cm³/mol. The summed E-state index contributed by atoms with van der Waals surface area (Å²) >= 11 is 0. The van der Waals surface area contributed by atoms with Gasteiger partial charge in [-0.05, 0) is 40.8 Å². The number of nitrogens with zero attached hydrogens (tertiary/aromatic N) is 1. The Kier molecular flexibility index (Phi) is 6.09. The maximum absolute atomic E-state index is 13.4. The van der Waals surface area contributed by atoms with Gasteiger partial charge in [-0.25, -0.2) is 13.9 Å². The summed E-state index contributed by atoms with van der Waals surface area (Å²) in [6, 6.07) is 24.0. The molecule has 0 fully saturated rings. The van der Waals surface area contributed by atoms with Crippen LogP contribution in [0.15, 0.2) is 95.5 Å². The van der Waals surface area contributed by atoms with E-state index >= 15 is 0 Å². The number of carbonyl (C=O) groups is 1. The fourth-order valence-electron chi connectivity index (χ4n) is 3.94. The van der Waals surface area contributed by atoms with Gasteiger partial charge in [0, 0.05) is 12.2 Å². The highest BCUT2D eigenvalue weighted by molar-refractivity contribution is 7.89. The van der Waals surface area contributed by atoms with Crippen molar-refractivity contribution < 1.29 is 18.4 Å². The molecule has 1 aliphatic rings. The van der Waals surface area contributed by atoms with E-state index in [1.807, 2.05) is 60.7 Å². The number of hydrogen-bond donors (Lipinski definition) is 3. The first kappa shape index (κ1) is 21.8. The summed E-state index contributed by atoms with van der Waals surface area (Å²) < 4.78 is 27.9. The zero-order valence-corrected chi connectivity index (χ0v) is 18.0. The van der Waals surface area contributed by atoms with Crippen LogP contribution in [-0.4, -0.2) is 36.4 Å². The van der Waals surface area contributed by atoms with E-state index in [9.17, 15) is 18.4 Å². The molecule has 0 aromatic heterocycles. The minimum Gasteiger partial charge on any atom is -0.400 e. The average Bonchev–Trinajstić information content (AvgIpc) is 2.84. The molecule has 164 valence electrons. The third-order valence-corrected chi connectivity index (χ3v) is 7.44. The van der Waals surface area contributed by atoms with Crippen molar-refractivity contribution in [3.8, 4) is 11.1 Å². The van der Waals surface area contributed by atoms with Crippen molar-refractivity contribution in [1.82, 2.24) is 9.79 Å². The monoisotopic (exact) mass is 449 g/mol. The lowest BCUT2D eigenvalue weighted by Crippen LogP contribution is -2.54. The Morgan fingerprint density at radius 3 is 1.97 bits per heavy atom. The zero-order chi connectivity index (χ0) is 22.7. The Labute approximate surface area is 186 Å². The van der Waals surface area contributed by atoms with E-state index in [4.69, 9.17) is 5.73 Å². The van der Waals surface area contributed by atoms with E-state index in [1.165, 1.54) is 12.1 Å². The molecule has 7 nitrogen and oxygen atoms in total. The number of hydroxylamine groups is 1. The quantitative estimate of drug-likeness (QED) is 0.409. The Bertz CT molecular complexity index is 1240. The van der Waals surface area contributed by atoms with Crippen LogP contribution in [0.2, 0.25) is 0 Å². The maximum Gasteiger partial charge on any atom is 0.267 e. The Morgan fingerprint density at radius 1 is 0.875 bits per heavy atom. The molecule has 3 aromatic rings. The molecule has 4 rings (SSSR count). The van der Waals surface area contributed by atoms with E-state index in [-0.39, 0.29) is 17.1 Å². The van der Waals surface area contributed by atoms with E-state index < -0.39 is 22.0 Å². The van der Waals surface area contributed by atoms with Gasteiger partial charge in [-0.3, -0.25) is 10.0 Å². The van der Waals surface area contributed by atoms with E-state index in [0.29, 0.717) is 12.0 Å². The number of nitrogens with one attached hydrogen (secondary N) is 1. The van der Waals surface area contributed by atoms with Crippen molar-refractivity contribution in [2.24, 2.45) is 5.73 Å². The molecule has 1 atom stereocenters. The van der Waals surface area contributed by atoms with Crippen LogP contribution in [0.5, 0.6) is 0 Å². The van der Waals surface area contributed by atoms with Gasteiger partial charge in [0.2, 0.25) is 10.0 Å². The fourth-order valence-corrected chi connectivity index (χ4v) is 5.51. The Morgan fingerprint density at radius 2 is 1.41 bits per heavy atom. The molecular formula is C24H23N3O4S. The first-order chi connectivity index (χ1) is 15.4. The van der Waals surface area contributed by atoms with Crippen LogP contribution >= 0.6 is 0 Å². The summed E-state index contributed by atoms with van der Waals surface area (Å²) in [6.07, 6.45) is 0.340. The van der Waals surface area contributed by atoms with E-state index in [0.717, 1.165) is 21.0 Å². The van der Waals surface area contributed by atoms with Crippen LogP contribution in [-0.2, 0) is 14.8 Å². The SMILES string of the molecule is NC1=C(c2ccccc2)CCN(S(=O)(=O)c2ccc(-c3ccccc3)cc2)C1C(=O)NO. The largest absolute Gasteiger partial charge is 0.400 e. The molecule has 1 heterocycles. The topological polar surface area (TPSA) is 113 Å². The van der Waals surface area contributed by atoms with Crippen molar-refractivity contribution in [1.29, 1.82) is 0 Å². The summed E-state index contributed by atoms with van der Waals surface area (Å²) in [5.74, 6) is -0.903. The van der Waals surface area contributed by atoms with Crippen LogP contribution in [0.4, 0.5) is 0 Å². The van der Waals surface area contributed by atoms with Gasteiger partial charge >= 0.3 is 0 Å². The number of carbonyl (C=O) groups excluding carboxylic acids is 1. The van der Waals surface area contributed by atoms with E-state index in [1.54, 1.807) is 17.6 Å². The number of rotatable bonds is 5. The van der Waals surface area contributed by atoms with Gasteiger partial charge < -0.3 is 5.73 Å². The number of nitrogens with two attached hydrogens (primary N) is 1. The van der Waals surface area contributed by atoms with E-state index in [2.05, 4.69) is 0 Å². The number of hydrogen-bond acceptors (Lipinski definition) is 5. The highest BCUT2D eigenvalue weighted by Crippen LogP contribution is 2.33. The van der Waals surface area contributed by atoms with Crippen molar-refractivity contribution >= 4 is 21.5 Å². The summed E-state index contributed by atoms with van der Waals surface area (Å²) in [7, 11) is -4.06. The van der Waals surface area contributed by atoms with Crippen molar-refractivity contribution in [2.75, 3.05) is 6.54 Å². The number of sulfonamides is 1. The van der Waals surface area contributed by atoms with Crippen molar-refractivity contribution in [3.63, 3.8) is 0 Å². The minimum absolute atomic E-state index is 0.0453. The molecule has 0 bridgehead atoms. The van der Waals surface area contributed by atoms with Gasteiger partial charge in [0.15, 0.2) is 0 Å². The predicted octanol–water partition coefficient (Wildman–Crippen LogP) is 2.99. The average molecular weight is 450 g/mol. The molecule has 0 spiro atoms. The Balaban J connectivity index is 1.71. The molecule has 0 saturated heterocycles. The number of amides is 1. The molecule has 1 unspecified atom stereocenters. The van der Waals surface area contributed by atoms with Crippen LogP contribution < -0.4 is 11.2 Å².